The lowest BCUT2D eigenvalue weighted by Gasteiger charge is -2.64. The summed E-state index contributed by atoms with van der Waals surface area (Å²) in [5.74, 6) is 1.64. The van der Waals surface area contributed by atoms with Crippen LogP contribution in [0.3, 0.4) is 0 Å². The molecule has 2 bridgehead atoms. The van der Waals surface area contributed by atoms with Gasteiger partial charge in [0.05, 0.1) is 18.3 Å². The molecule has 8 fully saturated rings. The van der Waals surface area contributed by atoms with Crippen molar-refractivity contribution in [1.82, 2.24) is 20.0 Å². The van der Waals surface area contributed by atoms with Crippen molar-refractivity contribution in [1.29, 1.82) is 0 Å². The highest BCUT2D eigenvalue weighted by Gasteiger charge is 2.72. The Morgan fingerprint density at radius 3 is 2.31 bits per heavy atom. The third-order valence-electron chi connectivity index (χ3n) is 18.2. The highest BCUT2D eigenvalue weighted by Crippen LogP contribution is 2.73. The van der Waals surface area contributed by atoms with Crippen LogP contribution in [-0.2, 0) is 14.2 Å². The van der Waals surface area contributed by atoms with Crippen molar-refractivity contribution < 1.29 is 28.9 Å². The average molecular weight is 769 g/mol. The van der Waals surface area contributed by atoms with E-state index in [0.29, 0.717) is 24.3 Å². The third-order valence-corrected chi connectivity index (χ3v) is 18.2. The Hall–Kier alpha value is -1.62. The minimum absolute atomic E-state index is 0.0414. The molecule has 0 radical (unpaired) electrons. The topological polar surface area (TPSA) is 104 Å². The molecule has 12 atom stereocenters. The second kappa shape index (κ2) is 15.2. The molecule has 2 N–H and O–H groups in total. The number of alkyl carbamates (subject to hydrolysis) is 1. The summed E-state index contributed by atoms with van der Waals surface area (Å²) < 4.78 is 19.6. The first kappa shape index (κ1) is 40.2. The molecule has 3 aliphatic heterocycles. The summed E-state index contributed by atoms with van der Waals surface area (Å²) in [4.78, 5) is 33.2. The van der Waals surface area contributed by atoms with Crippen LogP contribution in [0.4, 0.5) is 9.59 Å². The van der Waals surface area contributed by atoms with Crippen molar-refractivity contribution in [2.75, 3.05) is 52.4 Å². The van der Waals surface area contributed by atoms with Crippen molar-refractivity contribution in [3.8, 4) is 0 Å². The highest BCUT2D eigenvalue weighted by molar-refractivity contribution is 5.68. The summed E-state index contributed by atoms with van der Waals surface area (Å²) in [5.41, 5.74) is -0.230. The van der Waals surface area contributed by atoms with Gasteiger partial charge in [-0.15, -0.1) is 0 Å². The summed E-state index contributed by atoms with van der Waals surface area (Å²) in [6.07, 6.45) is 12.9. The van der Waals surface area contributed by atoms with Gasteiger partial charge in [0, 0.05) is 69.2 Å². The maximum atomic E-state index is 13.3. The van der Waals surface area contributed by atoms with Crippen LogP contribution in [-0.4, -0.2) is 121 Å². The van der Waals surface area contributed by atoms with Gasteiger partial charge in [0.25, 0.3) is 0 Å². The van der Waals surface area contributed by atoms with E-state index in [1.165, 1.54) is 25.7 Å². The fourth-order valence-electron chi connectivity index (χ4n) is 14.5. The number of carbonyl (C=O) groups excluding carboxylic acids is 2. The predicted molar refractivity (Wildman–Crippen MR) is 214 cm³/mol. The van der Waals surface area contributed by atoms with Crippen molar-refractivity contribution in [3.05, 3.63) is 0 Å². The maximum Gasteiger partial charge on any atom is 0.410 e. The van der Waals surface area contributed by atoms with E-state index in [4.69, 9.17) is 14.2 Å². The predicted octanol–water partition coefficient (Wildman–Crippen LogP) is 7.32. The Balaban J connectivity index is 0.909. The van der Waals surface area contributed by atoms with Crippen LogP contribution in [0.1, 0.15) is 132 Å². The molecule has 0 aromatic heterocycles. The average Bonchev–Trinajstić information content (AvgIpc) is 3.25. The van der Waals surface area contributed by atoms with Gasteiger partial charge < -0.3 is 29.5 Å². The number of hydrogen-bond donors (Lipinski definition) is 2. The monoisotopic (exact) mass is 769 g/mol. The van der Waals surface area contributed by atoms with Crippen LogP contribution in [0.15, 0.2) is 0 Å². The smallest absolute Gasteiger partial charge is 0.410 e. The standard InChI is InChI=1S/C45H76N4O6/c1-29(2)37(55-41(52)49-20-10-21-49)33-27-30(3)36-38(53-33)39(50)44(7)31-13-14-34-42(4,5)35(15-18-45(34,28-31)17-9-16-43(36,44)6)54-40(51)46-19-22-47-23-25-48(26-24-47)32-11-8-12-32/h29-39,50H,8-28H2,1-7H3,(H,46,51)/t30-,31+,33?,34+,35?,36+,37?,38?,39+,43?,44-,45?/m1/s1. The second-order valence-electron chi connectivity index (χ2n) is 21.3. The molecule has 2 amide bonds. The number of hydrogen-bond acceptors (Lipinski definition) is 8. The second-order valence-corrected chi connectivity index (χ2v) is 21.3. The SMILES string of the molecule is CC(C)C(OC(=O)N1CCC1)C1C[C@@H](C)[C@H]2C(O1)[C@H](O)[C@@]1(C)[C@H]3CC[C@@H]4C(CCCC21C)(CCC(OC(=O)NCCN1CCN(C2CCC2)CC1)C4(C)C)C3. The number of nitrogens with one attached hydrogen (secondary N) is 1. The van der Waals surface area contributed by atoms with Gasteiger partial charge in [0.2, 0.25) is 0 Å². The van der Waals surface area contributed by atoms with Gasteiger partial charge in [-0.1, -0.05) is 61.3 Å². The Kier molecular flexibility index (Phi) is 11.1. The zero-order valence-corrected chi connectivity index (χ0v) is 35.5. The van der Waals surface area contributed by atoms with Crippen LogP contribution in [0.2, 0.25) is 0 Å². The van der Waals surface area contributed by atoms with E-state index >= 15 is 0 Å². The molecule has 10 nitrogen and oxygen atoms in total. The zero-order valence-electron chi connectivity index (χ0n) is 35.5. The molecule has 0 aromatic rings. The number of carbonyl (C=O) groups is 2. The van der Waals surface area contributed by atoms with E-state index in [1.807, 2.05) is 0 Å². The molecule has 10 heteroatoms. The molecule has 0 aromatic carbocycles. The summed E-state index contributed by atoms with van der Waals surface area (Å²) in [6.45, 7) is 23.8. The molecule has 3 heterocycles. The lowest BCUT2D eigenvalue weighted by Crippen LogP contribution is -2.59. The van der Waals surface area contributed by atoms with Gasteiger partial charge in [0.1, 0.15) is 12.2 Å². The van der Waals surface area contributed by atoms with E-state index in [1.54, 1.807) is 4.90 Å². The summed E-state index contributed by atoms with van der Waals surface area (Å²) in [7, 11) is 0. The number of piperazine rings is 1. The van der Waals surface area contributed by atoms with Crippen LogP contribution < -0.4 is 5.32 Å². The first-order valence-corrected chi connectivity index (χ1v) is 22.9. The van der Waals surface area contributed by atoms with Crippen LogP contribution >= 0.6 is 0 Å². The van der Waals surface area contributed by atoms with Crippen molar-refractivity contribution >= 4 is 12.2 Å². The normalized spacial score (nSPS) is 43.8. The molecular weight excluding hydrogens is 693 g/mol. The number of aliphatic hydroxyl groups is 1. The highest BCUT2D eigenvalue weighted by atomic mass is 16.6. The van der Waals surface area contributed by atoms with Gasteiger partial charge in [-0.25, -0.2) is 9.59 Å². The number of aliphatic hydroxyl groups excluding tert-OH is 1. The van der Waals surface area contributed by atoms with E-state index in [0.717, 1.165) is 110 Å². The number of rotatable bonds is 8. The van der Waals surface area contributed by atoms with Crippen molar-refractivity contribution in [3.63, 3.8) is 0 Å². The van der Waals surface area contributed by atoms with Gasteiger partial charge in [-0.2, -0.15) is 0 Å². The van der Waals surface area contributed by atoms with E-state index in [-0.39, 0.29) is 70.1 Å². The summed E-state index contributed by atoms with van der Waals surface area (Å²) in [6, 6.07) is 0.817. The first-order valence-electron chi connectivity index (χ1n) is 22.9. The maximum absolute atomic E-state index is 13.3. The third kappa shape index (κ3) is 6.84. The molecule has 6 unspecified atom stereocenters. The number of fused-ring (bicyclic) bond motifs is 5. The number of ether oxygens (including phenoxy) is 3. The molecule has 8 aliphatic rings. The Bertz CT molecular complexity index is 1390. The van der Waals surface area contributed by atoms with Gasteiger partial charge in [-0.05, 0) is 111 Å². The van der Waals surface area contributed by atoms with Gasteiger partial charge >= 0.3 is 12.2 Å². The molecule has 312 valence electrons. The first-order chi connectivity index (χ1) is 26.2. The molecule has 55 heavy (non-hydrogen) atoms. The van der Waals surface area contributed by atoms with E-state index in [2.05, 4.69) is 63.6 Å². The van der Waals surface area contributed by atoms with Crippen LogP contribution in [0.5, 0.6) is 0 Å². The molecule has 5 aliphatic carbocycles. The minimum atomic E-state index is -0.564. The fourth-order valence-corrected chi connectivity index (χ4v) is 14.5. The Morgan fingerprint density at radius 1 is 0.909 bits per heavy atom. The Labute approximate surface area is 332 Å². The quantitative estimate of drug-likeness (QED) is 0.265. The van der Waals surface area contributed by atoms with Crippen molar-refractivity contribution in [2.24, 2.45) is 51.2 Å². The summed E-state index contributed by atoms with van der Waals surface area (Å²) in [5, 5.41) is 15.8. The molecule has 5 saturated carbocycles. The summed E-state index contributed by atoms with van der Waals surface area (Å²) >= 11 is 0. The number of nitrogens with zero attached hydrogens (tertiary/aromatic N) is 3. The molecular formula is C45H76N4O6. The van der Waals surface area contributed by atoms with Crippen LogP contribution in [0, 0.1) is 51.2 Å². The lowest BCUT2D eigenvalue weighted by atomic mass is 9.41. The number of likely N-dealkylation sites (tertiary alicyclic amines) is 1. The largest absolute Gasteiger partial charge is 0.446 e. The number of amides is 2. The zero-order chi connectivity index (χ0) is 38.9. The van der Waals surface area contributed by atoms with Gasteiger partial charge in [-0.3, -0.25) is 9.80 Å². The lowest BCUT2D eigenvalue weighted by molar-refractivity contribution is -0.184. The minimum Gasteiger partial charge on any atom is -0.446 e. The van der Waals surface area contributed by atoms with Crippen molar-refractivity contribution in [2.45, 2.75) is 168 Å². The van der Waals surface area contributed by atoms with E-state index in [9.17, 15) is 14.7 Å². The van der Waals surface area contributed by atoms with Crippen LogP contribution in [0.25, 0.3) is 0 Å². The molecule has 8 rings (SSSR count). The molecule has 3 saturated heterocycles. The Morgan fingerprint density at radius 2 is 1.65 bits per heavy atom. The van der Waals surface area contributed by atoms with Gasteiger partial charge in [0.15, 0.2) is 0 Å². The fraction of sp³-hybridized carbons (Fsp3) is 0.956. The molecule has 1 spiro atoms. The van der Waals surface area contributed by atoms with E-state index < -0.39 is 6.10 Å².